The fourth-order valence-corrected chi connectivity index (χ4v) is 2.98. The molecule has 17 heteroatoms. The van der Waals surface area contributed by atoms with Crippen LogP contribution in [0.5, 0.6) is 0 Å². The molecule has 1 fully saturated rings. The second-order valence-electron chi connectivity index (χ2n) is 5.28. The summed E-state index contributed by atoms with van der Waals surface area (Å²) in [6, 6.07) is 0. The third-order valence-electron chi connectivity index (χ3n) is 3.12. The first-order chi connectivity index (χ1) is 11.8. The number of rotatable bonds is 8. The Kier molecular flexibility index (Phi) is 6.26. The van der Waals surface area contributed by atoms with E-state index in [0.717, 1.165) is 6.92 Å². The van der Waals surface area contributed by atoms with Crippen LogP contribution in [0.1, 0.15) is 6.92 Å². The molecule has 4 nitrogen and oxygen atoms in total. The van der Waals surface area contributed by atoms with Crippen molar-refractivity contribution in [3.05, 3.63) is 0 Å². The monoisotopic (exact) mass is 452 g/mol. The molecule has 1 rings (SSSR count). The summed E-state index contributed by atoms with van der Waals surface area (Å²) in [5.41, 5.74) is 0. The molecule has 0 aliphatic carbocycles. The van der Waals surface area contributed by atoms with Crippen molar-refractivity contribution in [2.24, 2.45) is 0 Å². The van der Waals surface area contributed by atoms with E-state index in [9.17, 15) is 57.3 Å². The van der Waals surface area contributed by atoms with E-state index in [1.54, 1.807) is 0 Å². The lowest BCUT2D eigenvalue weighted by Gasteiger charge is -2.39. The van der Waals surface area contributed by atoms with Crippen LogP contribution in [0.2, 0.25) is 0 Å². The van der Waals surface area contributed by atoms with E-state index in [1.807, 2.05) is 0 Å². The van der Waals surface area contributed by atoms with Crippen LogP contribution in [0, 0.1) is 0 Å². The van der Waals surface area contributed by atoms with E-state index < -0.39 is 63.2 Å². The molecule has 1 aliphatic heterocycles. The molecule has 162 valence electrons. The Hall–Kier alpha value is -0.730. The number of phosphoric ester groups is 1. The number of alkyl halides is 12. The molecule has 0 bridgehead atoms. The fraction of sp³-hybridized carbons (Fsp3) is 1.00. The molecule has 0 aromatic rings. The van der Waals surface area contributed by atoms with Crippen LogP contribution in [0.15, 0.2) is 0 Å². The third-order valence-corrected chi connectivity index (χ3v) is 4.65. The maximum Gasteiger partial charge on any atom is 0.475 e. The van der Waals surface area contributed by atoms with Crippen LogP contribution < -0.4 is 0 Å². The van der Waals surface area contributed by atoms with Crippen molar-refractivity contribution >= 4 is 7.82 Å². The van der Waals surface area contributed by atoms with E-state index in [2.05, 4.69) is 13.6 Å². The second kappa shape index (κ2) is 6.95. The number of phosphoric acid groups is 1. The summed E-state index contributed by atoms with van der Waals surface area (Å²) in [5, 5.41) is 0. The fourth-order valence-electron chi connectivity index (χ4n) is 1.57. The molecule has 0 aromatic heterocycles. The molecule has 0 aromatic carbocycles. The molecular formula is C10H9F12O4P. The maximum absolute atomic E-state index is 13.4. The highest BCUT2D eigenvalue weighted by atomic mass is 31.2. The van der Waals surface area contributed by atoms with Gasteiger partial charge in [0.25, 0.3) is 0 Å². The van der Waals surface area contributed by atoms with Gasteiger partial charge >= 0.3 is 43.9 Å². The topological polar surface area (TPSA) is 44.8 Å². The van der Waals surface area contributed by atoms with Crippen LogP contribution in [-0.2, 0) is 18.1 Å². The summed E-state index contributed by atoms with van der Waals surface area (Å²) in [5.74, 6) is -36.1. The van der Waals surface area contributed by atoms with Crippen LogP contribution in [0.4, 0.5) is 52.7 Å². The maximum atomic E-state index is 13.4. The summed E-state index contributed by atoms with van der Waals surface area (Å²) < 4.78 is 178. The highest BCUT2D eigenvalue weighted by Gasteiger charge is 2.87. The quantitative estimate of drug-likeness (QED) is 0.385. The van der Waals surface area contributed by atoms with Gasteiger partial charge in [0, 0.05) is 0 Å². The Balaban J connectivity index is 3.15. The third kappa shape index (κ3) is 3.90. The zero-order chi connectivity index (χ0) is 21.7. The van der Waals surface area contributed by atoms with Gasteiger partial charge in [0.15, 0.2) is 0 Å². The molecule has 1 heterocycles. The van der Waals surface area contributed by atoms with Gasteiger partial charge in [0.1, 0.15) is 6.61 Å². The molecule has 0 radical (unpaired) electrons. The minimum Gasteiger partial charge on any atom is -0.284 e. The predicted molar refractivity (Wildman–Crippen MR) is 60.8 cm³/mol. The minimum absolute atomic E-state index is 0.561. The summed E-state index contributed by atoms with van der Waals surface area (Å²) in [7, 11) is -4.95. The van der Waals surface area contributed by atoms with Crippen molar-refractivity contribution in [2.45, 2.75) is 49.1 Å². The Morgan fingerprint density at radius 1 is 0.963 bits per heavy atom. The van der Waals surface area contributed by atoms with E-state index in [-0.39, 0.29) is 0 Å². The van der Waals surface area contributed by atoms with Gasteiger partial charge in [-0.05, 0) is 6.92 Å². The lowest BCUT2D eigenvalue weighted by atomic mass is 9.95. The zero-order valence-corrected chi connectivity index (χ0v) is 13.6. The molecule has 2 atom stereocenters. The normalized spacial score (nSPS) is 26.1. The minimum atomic E-state index is -7.67. The van der Waals surface area contributed by atoms with Crippen LogP contribution >= 0.6 is 7.82 Å². The Labute approximate surface area is 142 Å². The summed E-state index contributed by atoms with van der Waals surface area (Å²) in [4.78, 5) is 0. The molecule has 0 saturated carbocycles. The van der Waals surface area contributed by atoms with Crippen molar-refractivity contribution in [1.82, 2.24) is 0 Å². The second-order valence-corrected chi connectivity index (χ2v) is 6.91. The first-order valence-corrected chi connectivity index (χ1v) is 7.96. The Morgan fingerprint density at radius 3 is 1.81 bits per heavy atom. The van der Waals surface area contributed by atoms with Gasteiger partial charge in [0.05, 0.1) is 12.7 Å². The van der Waals surface area contributed by atoms with Gasteiger partial charge in [-0.15, -0.1) is 0 Å². The first kappa shape index (κ1) is 24.3. The van der Waals surface area contributed by atoms with Crippen molar-refractivity contribution in [1.29, 1.82) is 0 Å². The first-order valence-electron chi connectivity index (χ1n) is 6.50. The van der Waals surface area contributed by atoms with Crippen LogP contribution in [0.3, 0.4) is 0 Å². The van der Waals surface area contributed by atoms with Gasteiger partial charge in [-0.2, -0.15) is 43.9 Å². The smallest absolute Gasteiger partial charge is 0.284 e. The molecule has 2 unspecified atom stereocenters. The molecule has 0 N–H and O–H groups in total. The summed E-state index contributed by atoms with van der Waals surface area (Å²) in [6.45, 7) is -2.43. The van der Waals surface area contributed by atoms with Gasteiger partial charge < -0.3 is 0 Å². The molecule has 1 saturated heterocycles. The van der Waals surface area contributed by atoms with Crippen molar-refractivity contribution in [3.63, 3.8) is 0 Å². The molecule has 1 aliphatic rings. The Bertz CT molecular complexity index is 595. The van der Waals surface area contributed by atoms with E-state index >= 15 is 0 Å². The number of halogens is 12. The van der Waals surface area contributed by atoms with Gasteiger partial charge in [0.2, 0.25) is 0 Å². The SMILES string of the molecule is CC1COP(=O)(OCC(F)(F)C(F)(F)C(F)(F)C(F)(F)C(F)(F)C(F)F)O1. The van der Waals surface area contributed by atoms with Gasteiger partial charge in [-0.25, -0.2) is 13.3 Å². The standard InChI is InChI=1S/C10H9F12O4P/c1-4-2-24-27(23,26-4)25-3-6(13,14)8(17,18)10(21,22)9(19,20)7(15,16)5(11)12/h4-5H,2-3H2,1H3. The molecule has 27 heavy (non-hydrogen) atoms. The van der Waals surface area contributed by atoms with Crippen molar-refractivity contribution in [3.8, 4) is 0 Å². The molecular weight excluding hydrogens is 443 g/mol. The highest BCUT2D eigenvalue weighted by molar-refractivity contribution is 7.48. The summed E-state index contributed by atoms with van der Waals surface area (Å²) >= 11 is 0. The number of hydrogen-bond acceptors (Lipinski definition) is 4. The highest BCUT2D eigenvalue weighted by Crippen LogP contribution is 2.60. The number of hydrogen-bond donors (Lipinski definition) is 0. The molecule has 0 amide bonds. The Morgan fingerprint density at radius 2 is 1.44 bits per heavy atom. The summed E-state index contributed by atoms with van der Waals surface area (Å²) in [6.07, 6.45) is -6.66. The largest absolute Gasteiger partial charge is 0.475 e. The van der Waals surface area contributed by atoms with Crippen LogP contribution in [0.25, 0.3) is 0 Å². The zero-order valence-electron chi connectivity index (χ0n) is 12.7. The average molecular weight is 452 g/mol. The predicted octanol–water partition coefficient (Wildman–Crippen LogP) is 4.99. The van der Waals surface area contributed by atoms with Gasteiger partial charge in [-0.3, -0.25) is 13.6 Å². The average Bonchev–Trinajstić information content (AvgIpc) is 2.84. The van der Waals surface area contributed by atoms with Crippen LogP contribution in [-0.4, -0.2) is 55.4 Å². The lowest BCUT2D eigenvalue weighted by molar-refractivity contribution is -0.414. The van der Waals surface area contributed by atoms with E-state index in [1.165, 1.54) is 0 Å². The van der Waals surface area contributed by atoms with Crippen molar-refractivity contribution in [2.75, 3.05) is 13.2 Å². The van der Waals surface area contributed by atoms with Gasteiger partial charge in [-0.1, -0.05) is 0 Å². The lowest BCUT2D eigenvalue weighted by Crippen LogP contribution is -2.69. The van der Waals surface area contributed by atoms with Crippen molar-refractivity contribution < 1.29 is 70.8 Å². The molecule has 0 spiro atoms. The van der Waals surface area contributed by atoms with E-state index in [0.29, 0.717) is 0 Å². The van der Waals surface area contributed by atoms with E-state index in [4.69, 9.17) is 0 Å².